The number of fused-ring (bicyclic) bond motifs is 5. The van der Waals surface area contributed by atoms with E-state index in [2.05, 4.69) is 10.3 Å². The monoisotopic (exact) mass is 686 g/mol. The van der Waals surface area contributed by atoms with Crippen LogP contribution < -0.4 is 20.1 Å². The SMILES string of the molecule is COc1cc2cc(c1Cl)N(C)C(=O)CC(O)C1(C)OC1C(C)C1CC(O)(NC(=O)O1)C(OC)/C=C/C=C(\C)C2.O=C([O-])c1cccnc1. The Kier molecular flexibility index (Phi) is 11.5. The number of amides is 2. The third kappa shape index (κ3) is 8.16. The van der Waals surface area contributed by atoms with Crippen molar-refractivity contribution in [2.24, 2.45) is 5.92 Å². The number of alkyl carbamates (subject to hydrolysis) is 1. The highest BCUT2D eigenvalue weighted by Crippen LogP contribution is 2.48. The molecule has 2 amide bonds. The molecule has 3 aliphatic rings. The van der Waals surface area contributed by atoms with Crippen molar-refractivity contribution in [2.45, 2.75) is 75.8 Å². The molecule has 3 aliphatic heterocycles. The van der Waals surface area contributed by atoms with Gasteiger partial charge in [-0.15, -0.1) is 0 Å². The first-order valence-electron chi connectivity index (χ1n) is 15.3. The lowest BCUT2D eigenvalue weighted by Gasteiger charge is -2.42. The minimum Gasteiger partial charge on any atom is -0.545 e. The quantitative estimate of drug-likeness (QED) is 0.404. The van der Waals surface area contributed by atoms with Crippen LogP contribution in [0.4, 0.5) is 10.5 Å². The zero-order valence-electron chi connectivity index (χ0n) is 27.6. The first-order chi connectivity index (χ1) is 22.6. The lowest BCUT2D eigenvalue weighted by molar-refractivity contribution is -0.255. The van der Waals surface area contributed by atoms with E-state index in [1.165, 1.54) is 37.6 Å². The fraction of sp³-hybridized carbons (Fsp3) is 0.471. The summed E-state index contributed by atoms with van der Waals surface area (Å²) in [6, 6.07) is 6.61. The second kappa shape index (κ2) is 15.0. The Balaban J connectivity index is 0.000000500. The highest BCUT2D eigenvalue weighted by molar-refractivity contribution is 6.35. The Morgan fingerprint density at radius 3 is 2.60 bits per heavy atom. The van der Waals surface area contributed by atoms with Crippen LogP contribution in [0.5, 0.6) is 5.75 Å². The van der Waals surface area contributed by atoms with Crippen LogP contribution in [0, 0.1) is 5.92 Å². The molecule has 1 aromatic heterocycles. The van der Waals surface area contributed by atoms with Crippen LogP contribution in [-0.4, -0.2) is 90.2 Å². The number of nitrogens with one attached hydrogen (secondary N) is 1. The number of carboxylic acids is 1. The molecule has 48 heavy (non-hydrogen) atoms. The Labute approximate surface area is 284 Å². The number of rotatable bonds is 3. The molecular formula is C34H41ClN3O10-. The van der Waals surface area contributed by atoms with Gasteiger partial charge in [-0.1, -0.05) is 48.4 Å². The zero-order valence-corrected chi connectivity index (χ0v) is 28.4. The highest BCUT2D eigenvalue weighted by Gasteiger charge is 2.62. The van der Waals surface area contributed by atoms with Crippen LogP contribution >= 0.6 is 11.6 Å². The van der Waals surface area contributed by atoms with Gasteiger partial charge in [0, 0.05) is 44.5 Å². The molecule has 4 bridgehead atoms. The number of aliphatic hydroxyl groups is 2. The summed E-state index contributed by atoms with van der Waals surface area (Å²) >= 11 is 6.58. The standard InChI is InChI=1S/C28H37ClN2O8.C6H5NO2/c1-15-8-7-9-22(37-6)28(35)14-20(38-26(34)30-28)16(2)25-27(3,39-25)21(32)13-23(33)31(4)18-11-17(10-15)12-19(36-5)24(18)29;8-6(9)5-2-1-3-7-4-5/h7-9,11-12,16,20-22,25,32,35H,10,13-14H2,1-6H3,(H,30,34);1-4H,(H,8,9)/p-1/b9-7+,15-8+;. The highest BCUT2D eigenvalue weighted by atomic mass is 35.5. The van der Waals surface area contributed by atoms with Gasteiger partial charge in [0.2, 0.25) is 5.91 Å². The molecule has 14 heteroatoms. The summed E-state index contributed by atoms with van der Waals surface area (Å²) in [7, 11) is 4.56. The number of benzene rings is 1. The Morgan fingerprint density at radius 1 is 1.27 bits per heavy atom. The maximum absolute atomic E-state index is 13.3. The van der Waals surface area contributed by atoms with Gasteiger partial charge in [-0.3, -0.25) is 15.1 Å². The Bertz CT molecular complexity index is 1570. The number of allylic oxidation sites excluding steroid dienone is 3. The Hall–Kier alpha value is -4.01. The topological polar surface area (TPSA) is 183 Å². The fourth-order valence-corrected chi connectivity index (χ4v) is 6.26. The van der Waals surface area contributed by atoms with E-state index in [0.717, 1.165) is 11.1 Å². The molecule has 0 radical (unpaired) electrons. The number of hydrogen-bond donors (Lipinski definition) is 3. The number of hydrogen-bond acceptors (Lipinski definition) is 11. The van der Waals surface area contributed by atoms with E-state index < -0.39 is 53.7 Å². The number of aromatic nitrogens is 1. The van der Waals surface area contributed by atoms with Crippen molar-refractivity contribution in [1.82, 2.24) is 10.3 Å². The van der Waals surface area contributed by atoms with Crippen molar-refractivity contribution in [3.05, 3.63) is 76.6 Å². The number of epoxide rings is 1. The summed E-state index contributed by atoms with van der Waals surface area (Å²) < 4.78 is 22.4. The molecule has 4 heterocycles. The van der Waals surface area contributed by atoms with Gasteiger partial charge in [0.15, 0.2) is 5.72 Å². The van der Waals surface area contributed by atoms with Gasteiger partial charge in [-0.05, 0) is 44.0 Å². The lowest BCUT2D eigenvalue weighted by atomic mass is 9.84. The summed E-state index contributed by atoms with van der Waals surface area (Å²) in [6.07, 6.45) is 4.38. The summed E-state index contributed by atoms with van der Waals surface area (Å²) in [6.45, 7) is 5.48. The second-order valence-corrected chi connectivity index (χ2v) is 12.7. The van der Waals surface area contributed by atoms with E-state index >= 15 is 0 Å². The minimum atomic E-state index is -1.73. The van der Waals surface area contributed by atoms with Crippen LogP contribution in [0.2, 0.25) is 5.02 Å². The number of aliphatic hydroxyl groups excluding tert-OH is 1. The van der Waals surface area contributed by atoms with Gasteiger partial charge in [-0.2, -0.15) is 0 Å². The van der Waals surface area contributed by atoms with Crippen LogP contribution in [0.25, 0.3) is 0 Å². The van der Waals surface area contributed by atoms with Gasteiger partial charge >= 0.3 is 6.09 Å². The molecule has 2 saturated heterocycles. The first kappa shape index (κ1) is 36.8. The van der Waals surface area contributed by atoms with Crippen molar-refractivity contribution in [1.29, 1.82) is 0 Å². The summed E-state index contributed by atoms with van der Waals surface area (Å²) in [5.41, 5.74) is -0.371. The van der Waals surface area contributed by atoms with Crippen molar-refractivity contribution in [3.8, 4) is 5.75 Å². The van der Waals surface area contributed by atoms with Crippen LogP contribution in [0.15, 0.2) is 60.5 Å². The molecule has 260 valence electrons. The van der Waals surface area contributed by atoms with Crippen LogP contribution in [-0.2, 0) is 25.4 Å². The molecule has 5 rings (SSSR count). The van der Waals surface area contributed by atoms with Crippen molar-refractivity contribution < 1.29 is 48.7 Å². The molecule has 1 aromatic carbocycles. The first-order valence-corrected chi connectivity index (χ1v) is 15.7. The number of carbonyl (C=O) groups is 3. The van der Waals surface area contributed by atoms with E-state index in [0.29, 0.717) is 17.9 Å². The van der Waals surface area contributed by atoms with Crippen molar-refractivity contribution in [2.75, 3.05) is 26.2 Å². The van der Waals surface area contributed by atoms with Gasteiger partial charge in [0.05, 0.1) is 37.4 Å². The second-order valence-electron chi connectivity index (χ2n) is 12.3. The van der Waals surface area contributed by atoms with E-state index in [4.69, 9.17) is 30.5 Å². The molecule has 0 aliphatic carbocycles. The largest absolute Gasteiger partial charge is 0.545 e. The van der Waals surface area contributed by atoms with E-state index in [-0.39, 0.29) is 29.3 Å². The number of aromatic carboxylic acids is 1. The molecule has 13 nitrogen and oxygen atoms in total. The molecule has 7 atom stereocenters. The van der Waals surface area contributed by atoms with Crippen molar-refractivity contribution >= 4 is 35.3 Å². The number of ether oxygens (including phenoxy) is 4. The molecule has 3 N–H and O–H groups in total. The maximum Gasteiger partial charge on any atom is 0.409 e. The third-order valence-electron chi connectivity index (χ3n) is 8.88. The maximum atomic E-state index is 13.3. The van der Waals surface area contributed by atoms with E-state index in [9.17, 15) is 29.7 Å². The smallest absolute Gasteiger partial charge is 0.409 e. The van der Waals surface area contributed by atoms with Crippen molar-refractivity contribution in [3.63, 3.8) is 0 Å². The fourth-order valence-electron chi connectivity index (χ4n) is 5.95. The van der Waals surface area contributed by atoms with E-state index in [1.54, 1.807) is 32.2 Å². The number of methoxy groups -OCH3 is 2. The van der Waals surface area contributed by atoms with E-state index in [1.807, 2.05) is 32.1 Å². The summed E-state index contributed by atoms with van der Waals surface area (Å²) in [5.74, 6) is -1.51. The number of nitrogens with zero attached hydrogens (tertiary/aromatic N) is 2. The molecule has 0 spiro atoms. The average Bonchev–Trinajstić information content (AvgIpc) is 3.75. The molecule has 2 fully saturated rings. The number of carbonyl (C=O) groups excluding carboxylic acids is 3. The van der Waals surface area contributed by atoms with Gasteiger partial charge in [-0.25, -0.2) is 4.79 Å². The molecule has 2 aromatic rings. The minimum absolute atomic E-state index is 0.0310. The number of halogens is 1. The zero-order chi connectivity index (χ0) is 35.4. The third-order valence-corrected chi connectivity index (χ3v) is 9.26. The van der Waals surface area contributed by atoms with Crippen LogP contribution in [0.1, 0.15) is 49.5 Å². The molecule has 7 unspecified atom stereocenters. The summed E-state index contributed by atoms with van der Waals surface area (Å²) in [4.78, 5) is 40.8. The van der Waals surface area contributed by atoms with Gasteiger partial charge in [0.25, 0.3) is 0 Å². The Morgan fingerprint density at radius 2 is 2.00 bits per heavy atom. The molecular weight excluding hydrogens is 646 g/mol. The summed E-state index contributed by atoms with van der Waals surface area (Å²) in [5, 5.41) is 35.3. The lowest BCUT2D eigenvalue weighted by Crippen LogP contribution is -2.63. The predicted molar refractivity (Wildman–Crippen MR) is 173 cm³/mol. The molecule has 0 saturated carbocycles. The number of pyridine rings is 1. The number of anilines is 1. The van der Waals surface area contributed by atoms with Gasteiger partial charge in [0.1, 0.15) is 28.6 Å². The van der Waals surface area contributed by atoms with Crippen LogP contribution in [0.3, 0.4) is 0 Å². The number of carboxylic acid groups (broad SMARTS) is 1. The predicted octanol–water partition coefficient (Wildman–Crippen LogP) is 2.56. The average molecular weight is 687 g/mol. The normalized spacial score (nSPS) is 32.2. The van der Waals surface area contributed by atoms with Gasteiger partial charge < -0.3 is 44.0 Å².